The van der Waals surface area contributed by atoms with E-state index in [1.54, 1.807) is 12.3 Å². The molecule has 0 aromatic carbocycles. The van der Waals surface area contributed by atoms with Gasteiger partial charge in [0.25, 0.3) is 0 Å². The van der Waals surface area contributed by atoms with E-state index >= 15 is 0 Å². The SMILES string of the molecule is CC(C)(C)OCc1ccnc(C=O)c1. The third-order valence-electron chi connectivity index (χ3n) is 1.64. The fraction of sp³-hybridized carbons (Fsp3) is 0.455. The van der Waals surface area contributed by atoms with E-state index in [1.807, 2.05) is 26.8 Å². The van der Waals surface area contributed by atoms with E-state index in [0.717, 1.165) is 11.8 Å². The van der Waals surface area contributed by atoms with Gasteiger partial charge < -0.3 is 4.74 Å². The van der Waals surface area contributed by atoms with Gasteiger partial charge in [-0.05, 0) is 38.5 Å². The largest absolute Gasteiger partial charge is 0.371 e. The van der Waals surface area contributed by atoms with E-state index in [0.29, 0.717) is 12.3 Å². The molecule has 76 valence electrons. The van der Waals surface area contributed by atoms with Crippen LogP contribution in [0.1, 0.15) is 36.8 Å². The van der Waals surface area contributed by atoms with Gasteiger partial charge in [0, 0.05) is 6.20 Å². The van der Waals surface area contributed by atoms with Crippen molar-refractivity contribution in [2.24, 2.45) is 0 Å². The van der Waals surface area contributed by atoms with Crippen molar-refractivity contribution in [3.8, 4) is 0 Å². The van der Waals surface area contributed by atoms with E-state index in [-0.39, 0.29) is 5.60 Å². The summed E-state index contributed by atoms with van der Waals surface area (Å²) in [6.45, 7) is 6.49. The van der Waals surface area contributed by atoms with Gasteiger partial charge in [-0.3, -0.25) is 9.78 Å². The van der Waals surface area contributed by atoms with Gasteiger partial charge in [-0.15, -0.1) is 0 Å². The van der Waals surface area contributed by atoms with E-state index in [1.165, 1.54) is 0 Å². The van der Waals surface area contributed by atoms with E-state index in [4.69, 9.17) is 4.74 Å². The van der Waals surface area contributed by atoms with Crippen LogP contribution in [-0.2, 0) is 11.3 Å². The number of nitrogens with zero attached hydrogens (tertiary/aromatic N) is 1. The molecule has 0 bridgehead atoms. The summed E-state index contributed by atoms with van der Waals surface area (Å²) in [5.74, 6) is 0. The minimum atomic E-state index is -0.162. The second-order valence-corrected chi connectivity index (χ2v) is 4.11. The summed E-state index contributed by atoms with van der Waals surface area (Å²) in [5, 5.41) is 0. The Morgan fingerprint density at radius 2 is 2.21 bits per heavy atom. The Morgan fingerprint density at radius 1 is 1.50 bits per heavy atom. The third kappa shape index (κ3) is 3.66. The minimum absolute atomic E-state index is 0.162. The van der Waals surface area contributed by atoms with Crippen LogP contribution in [0.4, 0.5) is 0 Å². The second kappa shape index (κ2) is 4.33. The Morgan fingerprint density at radius 3 is 2.79 bits per heavy atom. The van der Waals surface area contributed by atoms with Crippen LogP contribution in [0.5, 0.6) is 0 Å². The predicted molar refractivity (Wildman–Crippen MR) is 54.2 cm³/mol. The summed E-state index contributed by atoms with van der Waals surface area (Å²) < 4.78 is 5.57. The quantitative estimate of drug-likeness (QED) is 0.691. The Kier molecular flexibility index (Phi) is 3.36. The van der Waals surface area contributed by atoms with Crippen LogP contribution in [0.3, 0.4) is 0 Å². The minimum Gasteiger partial charge on any atom is -0.371 e. The highest BCUT2D eigenvalue weighted by Gasteiger charge is 2.09. The van der Waals surface area contributed by atoms with Crippen molar-refractivity contribution in [3.05, 3.63) is 29.6 Å². The lowest BCUT2D eigenvalue weighted by Crippen LogP contribution is -2.18. The average Bonchev–Trinajstić information content (AvgIpc) is 2.14. The Hall–Kier alpha value is -1.22. The molecule has 0 aliphatic carbocycles. The molecule has 0 fully saturated rings. The number of carbonyl (C=O) groups excluding carboxylic acids is 1. The zero-order chi connectivity index (χ0) is 10.6. The molecule has 0 aliphatic rings. The van der Waals surface area contributed by atoms with Gasteiger partial charge >= 0.3 is 0 Å². The number of aldehydes is 1. The Balaban J connectivity index is 2.63. The first kappa shape index (κ1) is 10.9. The highest BCUT2D eigenvalue weighted by atomic mass is 16.5. The molecular formula is C11H15NO2. The van der Waals surface area contributed by atoms with Gasteiger partial charge in [0.1, 0.15) is 5.69 Å². The monoisotopic (exact) mass is 193 g/mol. The Bertz CT molecular complexity index is 315. The molecule has 1 rings (SSSR count). The predicted octanol–water partition coefficient (Wildman–Crippen LogP) is 2.21. The molecule has 0 spiro atoms. The average molecular weight is 193 g/mol. The van der Waals surface area contributed by atoms with Crippen LogP contribution < -0.4 is 0 Å². The number of rotatable bonds is 3. The molecule has 0 N–H and O–H groups in total. The fourth-order valence-electron chi connectivity index (χ4n) is 0.948. The molecule has 1 aromatic rings. The van der Waals surface area contributed by atoms with E-state index < -0.39 is 0 Å². The van der Waals surface area contributed by atoms with Gasteiger partial charge in [-0.2, -0.15) is 0 Å². The summed E-state index contributed by atoms with van der Waals surface area (Å²) in [4.78, 5) is 14.3. The van der Waals surface area contributed by atoms with E-state index in [9.17, 15) is 4.79 Å². The van der Waals surface area contributed by atoms with Crippen molar-refractivity contribution in [2.45, 2.75) is 33.0 Å². The number of hydrogen-bond donors (Lipinski definition) is 0. The van der Waals surface area contributed by atoms with Crippen molar-refractivity contribution in [2.75, 3.05) is 0 Å². The number of ether oxygens (including phenoxy) is 1. The van der Waals surface area contributed by atoms with Gasteiger partial charge in [0.05, 0.1) is 12.2 Å². The van der Waals surface area contributed by atoms with Gasteiger partial charge in [-0.25, -0.2) is 0 Å². The third-order valence-corrected chi connectivity index (χ3v) is 1.64. The van der Waals surface area contributed by atoms with Crippen LogP contribution >= 0.6 is 0 Å². The standard InChI is InChI=1S/C11H15NO2/c1-11(2,3)14-8-9-4-5-12-10(6-9)7-13/h4-7H,8H2,1-3H3. The maximum atomic E-state index is 10.5. The first-order valence-electron chi connectivity index (χ1n) is 4.55. The molecule has 0 saturated carbocycles. The molecule has 0 aliphatic heterocycles. The topological polar surface area (TPSA) is 39.2 Å². The van der Waals surface area contributed by atoms with E-state index in [2.05, 4.69) is 4.98 Å². The zero-order valence-corrected chi connectivity index (χ0v) is 8.78. The lowest BCUT2D eigenvalue weighted by Gasteiger charge is -2.19. The Labute approximate surface area is 84.1 Å². The fourth-order valence-corrected chi connectivity index (χ4v) is 0.948. The number of aromatic nitrogens is 1. The normalized spacial score (nSPS) is 11.4. The van der Waals surface area contributed by atoms with Crippen molar-refractivity contribution in [1.29, 1.82) is 0 Å². The molecule has 0 amide bonds. The molecule has 1 aromatic heterocycles. The molecule has 0 saturated heterocycles. The lowest BCUT2D eigenvalue weighted by molar-refractivity contribution is -0.0149. The highest BCUT2D eigenvalue weighted by molar-refractivity contribution is 5.71. The lowest BCUT2D eigenvalue weighted by atomic mass is 10.2. The summed E-state index contributed by atoms with van der Waals surface area (Å²) in [5.41, 5.74) is 1.25. The molecule has 0 radical (unpaired) electrons. The van der Waals surface area contributed by atoms with Crippen molar-refractivity contribution in [1.82, 2.24) is 4.98 Å². The molecule has 0 atom stereocenters. The van der Waals surface area contributed by atoms with Gasteiger partial charge in [-0.1, -0.05) is 0 Å². The molecule has 3 nitrogen and oxygen atoms in total. The summed E-state index contributed by atoms with van der Waals surface area (Å²) in [7, 11) is 0. The maximum Gasteiger partial charge on any atom is 0.168 e. The van der Waals surface area contributed by atoms with Crippen LogP contribution in [0.2, 0.25) is 0 Å². The number of pyridine rings is 1. The van der Waals surface area contributed by atoms with Crippen molar-refractivity contribution in [3.63, 3.8) is 0 Å². The van der Waals surface area contributed by atoms with Crippen LogP contribution in [0, 0.1) is 0 Å². The summed E-state index contributed by atoms with van der Waals surface area (Å²) >= 11 is 0. The molecule has 1 heterocycles. The number of carbonyl (C=O) groups is 1. The molecule has 0 unspecified atom stereocenters. The smallest absolute Gasteiger partial charge is 0.168 e. The van der Waals surface area contributed by atoms with Crippen LogP contribution in [-0.4, -0.2) is 16.9 Å². The highest BCUT2D eigenvalue weighted by Crippen LogP contribution is 2.11. The first-order chi connectivity index (χ1) is 6.51. The number of hydrogen-bond acceptors (Lipinski definition) is 3. The molecule has 14 heavy (non-hydrogen) atoms. The van der Waals surface area contributed by atoms with Gasteiger partial charge in [0.2, 0.25) is 0 Å². The maximum absolute atomic E-state index is 10.5. The summed E-state index contributed by atoms with van der Waals surface area (Å²) in [6, 6.07) is 3.58. The zero-order valence-electron chi connectivity index (χ0n) is 8.78. The van der Waals surface area contributed by atoms with Crippen molar-refractivity contribution >= 4 is 6.29 Å². The van der Waals surface area contributed by atoms with Crippen LogP contribution in [0.25, 0.3) is 0 Å². The van der Waals surface area contributed by atoms with Gasteiger partial charge in [0.15, 0.2) is 6.29 Å². The summed E-state index contributed by atoms with van der Waals surface area (Å²) in [6.07, 6.45) is 2.35. The molecular weight excluding hydrogens is 178 g/mol. The van der Waals surface area contributed by atoms with Crippen molar-refractivity contribution < 1.29 is 9.53 Å². The second-order valence-electron chi connectivity index (χ2n) is 4.11. The van der Waals surface area contributed by atoms with Crippen LogP contribution in [0.15, 0.2) is 18.3 Å². The first-order valence-corrected chi connectivity index (χ1v) is 4.55. The molecule has 3 heteroatoms.